The van der Waals surface area contributed by atoms with Crippen molar-refractivity contribution in [2.24, 2.45) is 0 Å². The molecule has 0 saturated carbocycles. The minimum atomic E-state index is -3.68. The summed E-state index contributed by atoms with van der Waals surface area (Å²) >= 11 is 0. The van der Waals surface area contributed by atoms with E-state index in [1.54, 1.807) is 12.1 Å². The molecule has 0 bridgehead atoms. The lowest BCUT2D eigenvalue weighted by Gasteiger charge is -2.30. The number of anilines is 2. The highest BCUT2D eigenvalue weighted by atomic mass is 32.2. The van der Waals surface area contributed by atoms with Gasteiger partial charge >= 0.3 is 0 Å². The summed E-state index contributed by atoms with van der Waals surface area (Å²) in [6.07, 6.45) is 4.06. The number of nitrogens with zero attached hydrogens (tertiary/aromatic N) is 1. The van der Waals surface area contributed by atoms with E-state index in [0.717, 1.165) is 33.4 Å². The highest BCUT2D eigenvalue weighted by Crippen LogP contribution is 2.44. The second-order valence-electron chi connectivity index (χ2n) is 8.90. The average molecular weight is 478 g/mol. The molecule has 0 fully saturated rings. The van der Waals surface area contributed by atoms with Crippen LogP contribution in [0.2, 0.25) is 0 Å². The molecule has 1 aliphatic rings. The summed E-state index contributed by atoms with van der Waals surface area (Å²) in [7, 11) is -1.76. The zero-order chi connectivity index (χ0) is 24.6. The SMILES string of the molecule is C/C(=C\c1ccc2c(c1)S(=O)(=O)c1cc(/C=C(\C)c3ccccc3)ccc1N2C)c1ccccc1. The lowest BCUT2D eigenvalue weighted by atomic mass is 10.0. The molecule has 0 N–H and O–H groups in total. The number of allylic oxidation sites excluding steroid dienone is 2. The van der Waals surface area contributed by atoms with Gasteiger partial charge < -0.3 is 4.90 Å². The molecule has 0 saturated heterocycles. The summed E-state index contributed by atoms with van der Waals surface area (Å²) in [6.45, 7) is 4.08. The lowest BCUT2D eigenvalue weighted by Crippen LogP contribution is -2.22. The van der Waals surface area contributed by atoms with Crippen LogP contribution in [0, 0.1) is 0 Å². The van der Waals surface area contributed by atoms with Crippen molar-refractivity contribution in [2.45, 2.75) is 23.6 Å². The van der Waals surface area contributed by atoms with Gasteiger partial charge in [0.25, 0.3) is 0 Å². The van der Waals surface area contributed by atoms with E-state index >= 15 is 0 Å². The van der Waals surface area contributed by atoms with E-state index in [1.807, 2.05) is 98.6 Å². The number of hydrogen-bond donors (Lipinski definition) is 0. The van der Waals surface area contributed by atoms with Gasteiger partial charge in [0.2, 0.25) is 9.84 Å². The Hall–Kier alpha value is -3.89. The molecule has 0 atom stereocenters. The molecule has 0 radical (unpaired) electrons. The van der Waals surface area contributed by atoms with Gasteiger partial charge in [0, 0.05) is 7.05 Å². The van der Waals surface area contributed by atoms with Crippen molar-refractivity contribution >= 4 is 44.5 Å². The topological polar surface area (TPSA) is 37.4 Å². The largest absolute Gasteiger partial charge is 0.342 e. The normalized spacial score (nSPS) is 14.9. The first-order valence-corrected chi connectivity index (χ1v) is 13.1. The first-order chi connectivity index (χ1) is 16.8. The third kappa shape index (κ3) is 4.33. The highest BCUT2D eigenvalue weighted by molar-refractivity contribution is 7.92. The smallest absolute Gasteiger partial charge is 0.210 e. The van der Waals surface area contributed by atoms with Crippen LogP contribution >= 0.6 is 0 Å². The number of fused-ring (bicyclic) bond motifs is 2. The van der Waals surface area contributed by atoms with Crippen LogP contribution in [0.1, 0.15) is 36.1 Å². The second kappa shape index (κ2) is 9.05. The van der Waals surface area contributed by atoms with Crippen molar-refractivity contribution in [3.05, 3.63) is 119 Å². The molecule has 1 aliphatic heterocycles. The standard InChI is InChI=1S/C31H27NO2S/c1-22(26-10-6-4-7-11-26)18-24-14-16-28-30(20-24)35(33,34)31-21-25(15-17-29(31)32(28)3)19-23(2)27-12-8-5-9-13-27/h4-21H,1-3H3/b22-18+,23-19+. The first kappa shape index (κ1) is 22.9. The molecule has 0 spiro atoms. The second-order valence-corrected chi connectivity index (χ2v) is 10.8. The minimum absolute atomic E-state index is 0.336. The van der Waals surface area contributed by atoms with Crippen molar-refractivity contribution in [1.82, 2.24) is 0 Å². The van der Waals surface area contributed by atoms with Crippen LogP contribution < -0.4 is 4.90 Å². The molecule has 35 heavy (non-hydrogen) atoms. The zero-order valence-electron chi connectivity index (χ0n) is 20.1. The van der Waals surface area contributed by atoms with Gasteiger partial charge in [0.05, 0.1) is 21.2 Å². The Bertz CT molecular complexity index is 1450. The van der Waals surface area contributed by atoms with Crippen molar-refractivity contribution in [2.75, 3.05) is 11.9 Å². The molecule has 0 aliphatic carbocycles. The van der Waals surface area contributed by atoms with Crippen LogP contribution in [-0.2, 0) is 9.84 Å². The van der Waals surface area contributed by atoms with Gasteiger partial charge in [-0.15, -0.1) is 0 Å². The van der Waals surface area contributed by atoms with Crippen LogP contribution in [0.15, 0.2) is 107 Å². The van der Waals surface area contributed by atoms with Gasteiger partial charge in [-0.2, -0.15) is 0 Å². The fourth-order valence-corrected chi connectivity index (χ4v) is 6.32. The molecule has 0 amide bonds. The predicted octanol–water partition coefficient (Wildman–Crippen LogP) is 7.72. The maximum absolute atomic E-state index is 13.8. The molecular formula is C31H27NO2S. The molecule has 0 aromatic heterocycles. The third-order valence-electron chi connectivity index (χ3n) is 6.49. The number of rotatable bonds is 4. The Morgan fingerprint density at radius 1 is 0.629 bits per heavy atom. The molecule has 174 valence electrons. The zero-order valence-corrected chi connectivity index (χ0v) is 20.9. The van der Waals surface area contributed by atoms with Crippen molar-refractivity contribution in [1.29, 1.82) is 0 Å². The summed E-state index contributed by atoms with van der Waals surface area (Å²) in [5, 5.41) is 0. The van der Waals surface area contributed by atoms with Crippen LogP contribution in [0.4, 0.5) is 11.4 Å². The quantitative estimate of drug-likeness (QED) is 0.282. The molecule has 4 aromatic rings. The fourth-order valence-electron chi connectivity index (χ4n) is 4.54. The van der Waals surface area contributed by atoms with E-state index in [4.69, 9.17) is 0 Å². The summed E-state index contributed by atoms with van der Waals surface area (Å²) in [5.41, 5.74) is 7.49. The van der Waals surface area contributed by atoms with Gasteiger partial charge in [-0.3, -0.25) is 0 Å². The van der Waals surface area contributed by atoms with E-state index in [1.165, 1.54) is 0 Å². The van der Waals surface area contributed by atoms with Gasteiger partial charge in [0.1, 0.15) is 0 Å². The van der Waals surface area contributed by atoms with Crippen molar-refractivity contribution in [3.8, 4) is 0 Å². The van der Waals surface area contributed by atoms with E-state index in [9.17, 15) is 8.42 Å². The van der Waals surface area contributed by atoms with Gasteiger partial charge in [-0.25, -0.2) is 8.42 Å². The molecule has 5 rings (SSSR count). The molecule has 0 unspecified atom stereocenters. The van der Waals surface area contributed by atoms with Crippen LogP contribution in [0.5, 0.6) is 0 Å². The third-order valence-corrected chi connectivity index (χ3v) is 8.31. The maximum Gasteiger partial charge on any atom is 0.210 e. The van der Waals surface area contributed by atoms with Gasteiger partial charge in [0.15, 0.2) is 0 Å². The Labute approximate surface area is 207 Å². The predicted molar refractivity (Wildman–Crippen MR) is 146 cm³/mol. The van der Waals surface area contributed by atoms with Crippen LogP contribution in [0.25, 0.3) is 23.3 Å². The Morgan fingerprint density at radius 2 is 1.03 bits per heavy atom. The average Bonchev–Trinajstić information content (AvgIpc) is 2.88. The molecule has 1 heterocycles. The molecule has 4 aromatic carbocycles. The van der Waals surface area contributed by atoms with Gasteiger partial charge in [-0.1, -0.05) is 84.9 Å². The minimum Gasteiger partial charge on any atom is -0.342 e. The van der Waals surface area contributed by atoms with E-state index < -0.39 is 9.84 Å². The number of benzene rings is 4. The Kier molecular flexibility index (Phi) is 5.91. The highest BCUT2D eigenvalue weighted by Gasteiger charge is 2.32. The molecule has 3 nitrogen and oxygen atoms in total. The van der Waals surface area contributed by atoms with E-state index in [-0.39, 0.29) is 0 Å². The van der Waals surface area contributed by atoms with E-state index in [0.29, 0.717) is 21.2 Å². The summed E-state index contributed by atoms with van der Waals surface area (Å²) < 4.78 is 27.6. The molecular weight excluding hydrogens is 450 g/mol. The van der Waals surface area contributed by atoms with Gasteiger partial charge in [-0.05, 0) is 71.5 Å². The van der Waals surface area contributed by atoms with Crippen molar-refractivity contribution in [3.63, 3.8) is 0 Å². The summed E-state index contributed by atoms with van der Waals surface area (Å²) in [4.78, 5) is 2.63. The van der Waals surface area contributed by atoms with E-state index in [2.05, 4.69) is 24.3 Å². The number of sulfone groups is 1. The monoisotopic (exact) mass is 477 g/mol. The van der Waals surface area contributed by atoms with Crippen molar-refractivity contribution < 1.29 is 8.42 Å². The summed E-state index contributed by atoms with van der Waals surface area (Å²) in [5.74, 6) is 0. The summed E-state index contributed by atoms with van der Waals surface area (Å²) in [6, 6.07) is 31.5. The first-order valence-electron chi connectivity index (χ1n) is 11.6. The molecule has 4 heteroatoms. The van der Waals surface area contributed by atoms with Crippen LogP contribution in [-0.4, -0.2) is 15.5 Å². The lowest BCUT2D eigenvalue weighted by molar-refractivity contribution is 0.594. The fraction of sp³-hybridized carbons (Fsp3) is 0.0968. The maximum atomic E-state index is 13.8. The Morgan fingerprint density at radius 3 is 1.43 bits per heavy atom. The number of hydrogen-bond acceptors (Lipinski definition) is 3. The van der Waals surface area contributed by atoms with Crippen LogP contribution in [0.3, 0.4) is 0 Å². The Balaban J connectivity index is 1.56.